The van der Waals surface area contributed by atoms with Crippen LogP contribution >= 0.6 is 0 Å². The number of nitrogens with one attached hydrogen (secondary N) is 1. The molecular weight excluding hydrogens is 343 g/mol. The van der Waals surface area contributed by atoms with Gasteiger partial charge in [0.1, 0.15) is 16.9 Å². The Morgan fingerprint density at radius 2 is 1.63 bits per heavy atom. The summed E-state index contributed by atoms with van der Waals surface area (Å²) in [4.78, 5) is 13.9. The van der Waals surface area contributed by atoms with Gasteiger partial charge in [0.2, 0.25) is 0 Å². The number of fused-ring (bicyclic) bond motifs is 1. The van der Waals surface area contributed by atoms with Gasteiger partial charge in [-0.2, -0.15) is 4.80 Å². The van der Waals surface area contributed by atoms with Crippen molar-refractivity contribution in [1.82, 2.24) is 15.0 Å². The van der Waals surface area contributed by atoms with Crippen molar-refractivity contribution in [3.8, 4) is 5.69 Å². The number of aromatic nitrogens is 3. The quantitative estimate of drug-likeness (QED) is 0.588. The Morgan fingerprint density at radius 1 is 0.889 bits per heavy atom. The number of amides is 1. The highest BCUT2D eigenvalue weighted by Crippen LogP contribution is 2.19. The molecule has 0 aliphatic heterocycles. The molecule has 1 N–H and O–H groups in total. The summed E-state index contributed by atoms with van der Waals surface area (Å²) in [5.74, 6) is -0.688. The Morgan fingerprint density at radius 3 is 2.37 bits per heavy atom. The predicted molar refractivity (Wildman–Crippen MR) is 103 cm³/mol. The van der Waals surface area contributed by atoms with Gasteiger partial charge in [-0.05, 0) is 79.6 Å². The molecular formula is C21H17FN4O. The van der Waals surface area contributed by atoms with Crippen LogP contribution in [0.2, 0.25) is 0 Å². The van der Waals surface area contributed by atoms with Gasteiger partial charge in [0, 0.05) is 11.3 Å². The van der Waals surface area contributed by atoms with E-state index < -0.39 is 0 Å². The molecule has 0 atom stereocenters. The van der Waals surface area contributed by atoms with Gasteiger partial charge in [-0.1, -0.05) is 6.07 Å². The molecule has 0 unspecified atom stereocenters. The van der Waals surface area contributed by atoms with Crippen LogP contribution in [0.3, 0.4) is 0 Å². The van der Waals surface area contributed by atoms with Crippen molar-refractivity contribution >= 4 is 22.6 Å². The Labute approximate surface area is 155 Å². The molecule has 0 saturated heterocycles. The smallest absolute Gasteiger partial charge is 0.255 e. The molecule has 1 aromatic heterocycles. The molecule has 5 nitrogen and oxygen atoms in total. The highest BCUT2D eigenvalue weighted by atomic mass is 19.1. The third-order valence-corrected chi connectivity index (χ3v) is 4.47. The van der Waals surface area contributed by atoms with E-state index in [1.807, 2.05) is 25.1 Å². The number of carbonyl (C=O) groups is 1. The minimum Gasteiger partial charge on any atom is -0.322 e. The lowest BCUT2D eigenvalue weighted by Crippen LogP contribution is -2.11. The van der Waals surface area contributed by atoms with Crippen LogP contribution in [0.15, 0.2) is 60.7 Å². The molecule has 0 saturated carbocycles. The normalized spacial score (nSPS) is 10.9. The molecule has 134 valence electrons. The van der Waals surface area contributed by atoms with Gasteiger partial charge < -0.3 is 5.32 Å². The molecule has 0 aliphatic carbocycles. The molecule has 4 rings (SSSR count). The average molecular weight is 360 g/mol. The first kappa shape index (κ1) is 16.9. The van der Waals surface area contributed by atoms with Crippen LogP contribution in [0.1, 0.15) is 21.5 Å². The Bertz CT molecular complexity index is 1150. The van der Waals surface area contributed by atoms with Crippen LogP contribution in [0.25, 0.3) is 16.7 Å². The Balaban J connectivity index is 1.61. The van der Waals surface area contributed by atoms with E-state index in [-0.39, 0.29) is 11.7 Å². The molecule has 6 heteroatoms. The molecule has 27 heavy (non-hydrogen) atoms. The van der Waals surface area contributed by atoms with Gasteiger partial charge in [-0.15, -0.1) is 10.2 Å². The van der Waals surface area contributed by atoms with Gasteiger partial charge in [-0.3, -0.25) is 4.79 Å². The maximum absolute atomic E-state index is 13.0. The molecule has 3 aromatic carbocycles. The van der Waals surface area contributed by atoms with E-state index in [1.54, 1.807) is 23.0 Å². The fourth-order valence-corrected chi connectivity index (χ4v) is 2.76. The topological polar surface area (TPSA) is 59.8 Å². The summed E-state index contributed by atoms with van der Waals surface area (Å²) in [6.45, 7) is 4.10. The highest BCUT2D eigenvalue weighted by Gasteiger charge is 2.10. The zero-order valence-electron chi connectivity index (χ0n) is 14.9. The second-order valence-electron chi connectivity index (χ2n) is 6.42. The summed E-state index contributed by atoms with van der Waals surface area (Å²) in [7, 11) is 0. The van der Waals surface area contributed by atoms with Crippen LogP contribution in [0.5, 0.6) is 0 Å². The van der Waals surface area contributed by atoms with Gasteiger partial charge in [-0.25, -0.2) is 4.39 Å². The van der Waals surface area contributed by atoms with Crippen LogP contribution in [-0.2, 0) is 0 Å². The number of hydrogen-bond donors (Lipinski definition) is 1. The SMILES string of the molecule is Cc1ccc(-n2nc3ccc(NC(=O)c4ccc(F)cc4)cc3n2)cc1C. The van der Waals surface area contributed by atoms with Gasteiger partial charge in [0.25, 0.3) is 5.91 Å². The fraction of sp³-hybridized carbons (Fsp3) is 0.0952. The van der Waals surface area contributed by atoms with E-state index in [2.05, 4.69) is 22.4 Å². The minimum absolute atomic E-state index is 0.309. The van der Waals surface area contributed by atoms with Crippen molar-refractivity contribution < 1.29 is 9.18 Å². The first-order chi connectivity index (χ1) is 13.0. The van der Waals surface area contributed by atoms with Crippen molar-refractivity contribution in [3.05, 3.63) is 83.2 Å². The zero-order chi connectivity index (χ0) is 19.0. The minimum atomic E-state index is -0.379. The third kappa shape index (κ3) is 3.42. The number of nitrogens with zero attached hydrogens (tertiary/aromatic N) is 3. The van der Waals surface area contributed by atoms with Crippen LogP contribution in [-0.4, -0.2) is 20.9 Å². The number of hydrogen-bond acceptors (Lipinski definition) is 3. The lowest BCUT2D eigenvalue weighted by molar-refractivity contribution is 0.102. The number of aryl methyl sites for hydroxylation is 2. The maximum Gasteiger partial charge on any atom is 0.255 e. The second kappa shape index (κ2) is 6.64. The van der Waals surface area contributed by atoms with E-state index in [4.69, 9.17) is 0 Å². The van der Waals surface area contributed by atoms with Crippen LogP contribution < -0.4 is 5.32 Å². The number of carbonyl (C=O) groups excluding carboxylic acids is 1. The molecule has 0 radical (unpaired) electrons. The summed E-state index contributed by atoms with van der Waals surface area (Å²) in [5.41, 5.74) is 5.64. The van der Waals surface area contributed by atoms with Crippen LogP contribution in [0, 0.1) is 19.7 Å². The summed E-state index contributed by atoms with van der Waals surface area (Å²) in [6, 6.07) is 16.8. The second-order valence-corrected chi connectivity index (χ2v) is 6.42. The number of anilines is 1. The molecule has 0 spiro atoms. The summed E-state index contributed by atoms with van der Waals surface area (Å²) >= 11 is 0. The lowest BCUT2D eigenvalue weighted by Gasteiger charge is -2.04. The van der Waals surface area contributed by atoms with Crippen molar-refractivity contribution in [1.29, 1.82) is 0 Å². The Kier molecular flexibility index (Phi) is 4.16. The summed E-state index contributed by atoms with van der Waals surface area (Å²) in [6.07, 6.45) is 0. The maximum atomic E-state index is 13.0. The van der Waals surface area contributed by atoms with Gasteiger partial charge in [0.15, 0.2) is 0 Å². The number of benzene rings is 3. The molecule has 0 bridgehead atoms. The largest absolute Gasteiger partial charge is 0.322 e. The van der Waals surface area contributed by atoms with Crippen molar-refractivity contribution in [3.63, 3.8) is 0 Å². The monoisotopic (exact) mass is 360 g/mol. The standard InChI is InChI=1S/C21H17FN4O/c1-13-3-9-18(11-14(13)2)26-24-19-10-8-17(12-20(19)25-26)23-21(27)15-4-6-16(22)7-5-15/h3-12H,1-2H3,(H,23,27). The van der Waals surface area contributed by atoms with E-state index in [9.17, 15) is 9.18 Å². The van der Waals surface area contributed by atoms with Crippen molar-refractivity contribution in [2.24, 2.45) is 0 Å². The predicted octanol–water partition coefficient (Wildman–Crippen LogP) is 4.43. The molecule has 1 heterocycles. The first-order valence-electron chi connectivity index (χ1n) is 8.51. The molecule has 1 amide bonds. The average Bonchev–Trinajstić information content (AvgIpc) is 3.08. The van der Waals surface area contributed by atoms with E-state index in [1.165, 1.54) is 35.4 Å². The van der Waals surface area contributed by atoms with Crippen molar-refractivity contribution in [2.45, 2.75) is 13.8 Å². The van der Waals surface area contributed by atoms with Crippen molar-refractivity contribution in [2.75, 3.05) is 5.32 Å². The molecule has 0 fully saturated rings. The van der Waals surface area contributed by atoms with E-state index >= 15 is 0 Å². The van der Waals surface area contributed by atoms with E-state index in [0.29, 0.717) is 16.8 Å². The highest BCUT2D eigenvalue weighted by molar-refractivity contribution is 6.04. The van der Waals surface area contributed by atoms with E-state index in [0.717, 1.165) is 11.2 Å². The Hall–Kier alpha value is -3.54. The van der Waals surface area contributed by atoms with Gasteiger partial charge >= 0.3 is 0 Å². The summed E-state index contributed by atoms with van der Waals surface area (Å²) in [5, 5.41) is 11.8. The third-order valence-electron chi connectivity index (χ3n) is 4.47. The number of rotatable bonds is 3. The fourth-order valence-electron chi connectivity index (χ4n) is 2.76. The molecule has 0 aliphatic rings. The zero-order valence-corrected chi connectivity index (χ0v) is 14.9. The number of halogens is 1. The molecule has 4 aromatic rings. The summed E-state index contributed by atoms with van der Waals surface area (Å²) < 4.78 is 13.0. The first-order valence-corrected chi connectivity index (χ1v) is 8.51. The van der Waals surface area contributed by atoms with Crippen LogP contribution in [0.4, 0.5) is 10.1 Å². The van der Waals surface area contributed by atoms with Gasteiger partial charge in [0.05, 0.1) is 5.69 Å². The lowest BCUT2D eigenvalue weighted by atomic mass is 10.1.